The van der Waals surface area contributed by atoms with Gasteiger partial charge in [0.1, 0.15) is 11.6 Å². The van der Waals surface area contributed by atoms with Crippen LogP contribution in [0.3, 0.4) is 0 Å². The van der Waals surface area contributed by atoms with E-state index in [1.807, 2.05) is 30.3 Å². The van der Waals surface area contributed by atoms with E-state index >= 15 is 0 Å². The molecule has 2 fully saturated rings. The van der Waals surface area contributed by atoms with Gasteiger partial charge in [-0.1, -0.05) is 30.3 Å². The van der Waals surface area contributed by atoms with Crippen LogP contribution in [0.1, 0.15) is 58.9 Å². The van der Waals surface area contributed by atoms with Gasteiger partial charge in [-0.15, -0.1) is 0 Å². The third kappa shape index (κ3) is 6.34. The Morgan fingerprint density at radius 2 is 1.85 bits per heavy atom. The topological polar surface area (TPSA) is 105 Å². The summed E-state index contributed by atoms with van der Waals surface area (Å²) in [5.74, 6) is -1.61. The van der Waals surface area contributed by atoms with Crippen LogP contribution in [-0.2, 0) is 35.1 Å². The second kappa shape index (κ2) is 11.0. The maximum absolute atomic E-state index is 13.6. The molecule has 2 aliphatic heterocycles. The first-order chi connectivity index (χ1) is 16.1. The molecule has 2 heterocycles. The first-order valence-electron chi connectivity index (χ1n) is 11.9. The zero-order chi connectivity index (χ0) is 24.9. The van der Waals surface area contributed by atoms with Gasteiger partial charge in [-0.3, -0.25) is 24.7 Å². The van der Waals surface area contributed by atoms with Crippen molar-refractivity contribution < 1.29 is 28.7 Å². The number of hydrogen-bond donors (Lipinski definition) is 1. The van der Waals surface area contributed by atoms with E-state index in [0.29, 0.717) is 19.3 Å². The van der Waals surface area contributed by atoms with Crippen LogP contribution in [0.5, 0.6) is 0 Å². The summed E-state index contributed by atoms with van der Waals surface area (Å²) in [4.78, 5) is 51.8. The molecule has 0 spiro atoms. The summed E-state index contributed by atoms with van der Waals surface area (Å²) in [6.45, 7) is 7.50. The molecule has 3 atom stereocenters. The molecule has 0 unspecified atom stereocenters. The molecular weight excluding hydrogens is 438 g/mol. The molecule has 1 aromatic rings. The van der Waals surface area contributed by atoms with Crippen molar-refractivity contribution in [1.82, 2.24) is 15.3 Å². The average Bonchev–Trinajstić information content (AvgIpc) is 3.19. The minimum atomic E-state index is -0.872. The molecule has 186 valence electrons. The maximum atomic E-state index is 13.6. The Morgan fingerprint density at radius 3 is 2.50 bits per heavy atom. The van der Waals surface area contributed by atoms with Crippen LogP contribution in [0, 0.1) is 0 Å². The highest BCUT2D eigenvalue weighted by atomic mass is 16.6. The van der Waals surface area contributed by atoms with Crippen molar-refractivity contribution in [2.75, 3.05) is 13.2 Å². The van der Waals surface area contributed by atoms with E-state index in [0.717, 1.165) is 5.56 Å². The number of ether oxygens (including phenoxy) is 2. The monoisotopic (exact) mass is 473 g/mol. The SMILES string of the molecule is CCOC(=O)[C@@H](CCc1ccccc1)N[C@H]1CCC(=O)N2CC[C@@H](C(=O)OC(C)(C)C)N2C1=O. The van der Waals surface area contributed by atoms with E-state index in [9.17, 15) is 19.2 Å². The van der Waals surface area contributed by atoms with Gasteiger partial charge in [0.15, 0.2) is 6.04 Å². The van der Waals surface area contributed by atoms with E-state index < -0.39 is 41.6 Å². The Balaban J connectivity index is 1.78. The molecule has 2 aliphatic rings. The van der Waals surface area contributed by atoms with Crippen molar-refractivity contribution in [1.29, 1.82) is 0 Å². The van der Waals surface area contributed by atoms with Crippen LogP contribution in [0.15, 0.2) is 30.3 Å². The Bertz CT molecular complexity index is 898. The molecular formula is C25H35N3O6. The predicted molar refractivity (Wildman–Crippen MR) is 124 cm³/mol. The fourth-order valence-electron chi connectivity index (χ4n) is 4.29. The average molecular weight is 474 g/mol. The lowest BCUT2D eigenvalue weighted by Crippen LogP contribution is -2.57. The molecule has 1 N–H and O–H groups in total. The highest BCUT2D eigenvalue weighted by molar-refractivity contribution is 5.93. The molecule has 34 heavy (non-hydrogen) atoms. The number of fused-ring (bicyclic) bond motifs is 1. The van der Waals surface area contributed by atoms with Gasteiger partial charge >= 0.3 is 11.9 Å². The second-order valence-corrected chi connectivity index (χ2v) is 9.62. The van der Waals surface area contributed by atoms with Crippen molar-refractivity contribution in [2.45, 2.75) is 83.5 Å². The van der Waals surface area contributed by atoms with Crippen molar-refractivity contribution in [3.63, 3.8) is 0 Å². The fraction of sp³-hybridized carbons (Fsp3) is 0.600. The molecule has 0 saturated carbocycles. The molecule has 0 aromatic heterocycles. The van der Waals surface area contributed by atoms with Gasteiger partial charge in [-0.25, -0.2) is 9.80 Å². The molecule has 2 amide bonds. The van der Waals surface area contributed by atoms with Crippen molar-refractivity contribution >= 4 is 23.8 Å². The van der Waals surface area contributed by atoms with E-state index in [2.05, 4.69) is 5.32 Å². The molecule has 3 rings (SSSR count). The number of nitrogens with one attached hydrogen (secondary N) is 1. The minimum absolute atomic E-state index is 0.134. The van der Waals surface area contributed by atoms with Gasteiger partial charge in [0.05, 0.1) is 12.6 Å². The summed E-state index contributed by atoms with van der Waals surface area (Å²) in [6.07, 6.45) is 1.73. The van der Waals surface area contributed by atoms with Crippen LogP contribution in [0.25, 0.3) is 0 Å². The summed E-state index contributed by atoms with van der Waals surface area (Å²) in [7, 11) is 0. The van der Waals surface area contributed by atoms with E-state index in [1.54, 1.807) is 27.7 Å². The Hall–Kier alpha value is -2.94. The quantitative estimate of drug-likeness (QED) is 0.576. The number of carbonyl (C=O) groups is 4. The van der Waals surface area contributed by atoms with Gasteiger partial charge in [0.2, 0.25) is 5.91 Å². The van der Waals surface area contributed by atoms with Crippen LogP contribution in [0.4, 0.5) is 0 Å². The summed E-state index contributed by atoms with van der Waals surface area (Å²) < 4.78 is 10.7. The zero-order valence-corrected chi connectivity index (χ0v) is 20.4. The van der Waals surface area contributed by atoms with Gasteiger partial charge in [0.25, 0.3) is 5.91 Å². The fourth-order valence-corrected chi connectivity index (χ4v) is 4.29. The van der Waals surface area contributed by atoms with Gasteiger partial charge in [-0.2, -0.15) is 0 Å². The summed E-state index contributed by atoms with van der Waals surface area (Å²) in [5, 5.41) is 5.73. The number of esters is 2. The maximum Gasteiger partial charge on any atom is 0.331 e. The molecule has 1 aromatic carbocycles. The number of carbonyl (C=O) groups excluding carboxylic acids is 4. The third-order valence-corrected chi connectivity index (χ3v) is 5.85. The summed E-state index contributed by atoms with van der Waals surface area (Å²) in [6, 6.07) is 7.34. The highest BCUT2D eigenvalue weighted by Gasteiger charge is 2.48. The normalized spacial score (nSPS) is 21.6. The number of hydrazine groups is 1. The van der Waals surface area contributed by atoms with E-state index in [-0.39, 0.29) is 31.9 Å². The molecule has 0 bridgehead atoms. The summed E-state index contributed by atoms with van der Waals surface area (Å²) >= 11 is 0. The summed E-state index contributed by atoms with van der Waals surface area (Å²) in [5.41, 5.74) is 0.352. The van der Waals surface area contributed by atoms with Crippen LogP contribution >= 0.6 is 0 Å². The lowest BCUT2D eigenvalue weighted by molar-refractivity contribution is -0.174. The van der Waals surface area contributed by atoms with E-state index in [1.165, 1.54) is 10.0 Å². The molecule has 9 nitrogen and oxygen atoms in total. The molecule has 0 radical (unpaired) electrons. The first kappa shape index (κ1) is 25.7. The van der Waals surface area contributed by atoms with Crippen molar-refractivity contribution in [2.24, 2.45) is 0 Å². The van der Waals surface area contributed by atoms with Gasteiger partial charge < -0.3 is 9.47 Å². The number of benzene rings is 1. The smallest absolute Gasteiger partial charge is 0.331 e. The van der Waals surface area contributed by atoms with Crippen LogP contribution < -0.4 is 5.32 Å². The largest absolute Gasteiger partial charge is 0.465 e. The lowest BCUT2D eigenvalue weighted by atomic mass is 10.0. The second-order valence-electron chi connectivity index (χ2n) is 9.62. The Labute approximate surface area is 200 Å². The molecule has 9 heteroatoms. The Morgan fingerprint density at radius 1 is 1.15 bits per heavy atom. The number of nitrogens with zero attached hydrogens (tertiary/aromatic N) is 2. The minimum Gasteiger partial charge on any atom is -0.465 e. The highest BCUT2D eigenvalue weighted by Crippen LogP contribution is 2.27. The van der Waals surface area contributed by atoms with E-state index in [4.69, 9.17) is 9.47 Å². The Kier molecular flexibility index (Phi) is 8.30. The predicted octanol–water partition coefficient (Wildman–Crippen LogP) is 1.99. The van der Waals surface area contributed by atoms with Gasteiger partial charge in [0, 0.05) is 19.4 Å². The van der Waals surface area contributed by atoms with Crippen LogP contribution in [0.2, 0.25) is 0 Å². The lowest BCUT2D eigenvalue weighted by Gasteiger charge is -2.33. The molecule has 0 aliphatic carbocycles. The van der Waals surface area contributed by atoms with Gasteiger partial charge in [-0.05, 0) is 52.5 Å². The van der Waals surface area contributed by atoms with Crippen LogP contribution in [-0.4, -0.2) is 70.6 Å². The number of rotatable bonds is 8. The first-order valence-corrected chi connectivity index (χ1v) is 11.9. The van der Waals surface area contributed by atoms with Crippen molar-refractivity contribution in [3.8, 4) is 0 Å². The standard InChI is InChI=1S/C25H35N3O6/c1-5-33-23(31)19(12-11-17-9-7-6-8-10-17)26-18-13-14-21(29)27-16-15-20(28(27)22(18)30)24(32)34-25(2,3)4/h6-10,18-20,26H,5,11-16H2,1-4H3/t18-,19+,20-/m0/s1. The number of amides is 2. The zero-order valence-electron chi connectivity index (χ0n) is 20.4. The number of aryl methyl sites for hydroxylation is 1. The molecule has 2 saturated heterocycles. The van der Waals surface area contributed by atoms with Crippen molar-refractivity contribution in [3.05, 3.63) is 35.9 Å². The third-order valence-electron chi connectivity index (χ3n) is 5.85. The number of hydrogen-bond acceptors (Lipinski definition) is 7.